The van der Waals surface area contributed by atoms with E-state index in [-0.39, 0.29) is 23.7 Å². The number of rotatable bonds is 4. The van der Waals surface area contributed by atoms with Gasteiger partial charge in [0.2, 0.25) is 0 Å². The second-order valence-corrected chi connectivity index (χ2v) is 4.74. The number of aryl methyl sites for hydroxylation is 1. The maximum Gasteiger partial charge on any atom is 0.339 e. The van der Waals surface area contributed by atoms with Crippen LogP contribution >= 0.6 is 11.6 Å². The molecule has 2 rings (SSSR count). The molecule has 0 aromatic heterocycles. The molecule has 0 bridgehead atoms. The third-order valence-electron chi connectivity index (χ3n) is 2.86. The molecule has 0 heterocycles. The van der Waals surface area contributed by atoms with Gasteiger partial charge in [0.25, 0.3) is 0 Å². The van der Waals surface area contributed by atoms with Crippen LogP contribution in [0.4, 0.5) is 4.39 Å². The van der Waals surface area contributed by atoms with Crippen LogP contribution in [0, 0.1) is 12.7 Å². The smallest absolute Gasteiger partial charge is 0.339 e. The zero-order valence-corrected chi connectivity index (χ0v) is 11.4. The first-order valence-corrected chi connectivity index (χ1v) is 6.26. The van der Waals surface area contributed by atoms with Gasteiger partial charge in [-0.2, -0.15) is 0 Å². The van der Waals surface area contributed by atoms with Crippen LogP contribution in [0.25, 0.3) is 0 Å². The minimum Gasteiger partial charge on any atom is -0.488 e. The van der Waals surface area contributed by atoms with Crippen LogP contribution in [0.5, 0.6) is 5.75 Å². The SMILES string of the molecule is Cc1cc(F)ccc1COc1ccc(Cl)cc1C(=O)O. The van der Waals surface area contributed by atoms with Crippen molar-refractivity contribution in [1.29, 1.82) is 0 Å². The Kier molecular flexibility index (Phi) is 4.25. The standard InChI is InChI=1S/C15H12ClFO3/c1-9-6-12(17)4-2-10(9)8-20-14-5-3-11(16)7-13(14)15(18)19/h2-7H,8H2,1H3,(H,18,19). The van der Waals surface area contributed by atoms with Crippen molar-refractivity contribution in [1.82, 2.24) is 0 Å². The fraction of sp³-hybridized carbons (Fsp3) is 0.133. The predicted octanol–water partition coefficient (Wildman–Crippen LogP) is 4.06. The first-order valence-electron chi connectivity index (χ1n) is 5.88. The van der Waals surface area contributed by atoms with Crippen molar-refractivity contribution in [3.05, 3.63) is 63.9 Å². The summed E-state index contributed by atoms with van der Waals surface area (Å²) in [6, 6.07) is 8.74. The molecule has 1 N–H and O–H groups in total. The van der Waals surface area contributed by atoms with Crippen molar-refractivity contribution in [2.45, 2.75) is 13.5 Å². The van der Waals surface area contributed by atoms with Crippen LogP contribution in [-0.2, 0) is 6.61 Å². The van der Waals surface area contributed by atoms with Crippen LogP contribution in [0.1, 0.15) is 21.5 Å². The molecule has 0 saturated heterocycles. The molecule has 0 aliphatic rings. The molecule has 0 unspecified atom stereocenters. The number of hydrogen-bond acceptors (Lipinski definition) is 2. The van der Waals surface area contributed by atoms with Crippen LogP contribution < -0.4 is 4.74 Å². The lowest BCUT2D eigenvalue weighted by molar-refractivity contribution is 0.0692. The van der Waals surface area contributed by atoms with Gasteiger partial charge in [-0.05, 0) is 48.4 Å². The molecule has 2 aromatic rings. The maximum atomic E-state index is 13.0. The van der Waals surface area contributed by atoms with Gasteiger partial charge in [0.1, 0.15) is 23.7 Å². The Morgan fingerprint density at radius 3 is 2.70 bits per heavy atom. The molecule has 0 radical (unpaired) electrons. The Labute approximate surface area is 120 Å². The second kappa shape index (κ2) is 5.92. The Bertz CT molecular complexity index is 656. The second-order valence-electron chi connectivity index (χ2n) is 4.31. The zero-order chi connectivity index (χ0) is 14.7. The fourth-order valence-corrected chi connectivity index (χ4v) is 1.94. The molecule has 0 fully saturated rings. The summed E-state index contributed by atoms with van der Waals surface area (Å²) in [7, 11) is 0. The molecule has 20 heavy (non-hydrogen) atoms. The summed E-state index contributed by atoms with van der Waals surface area (Å²) >= 11 is 5.76. The molecular weight excluding hydrogens is 283 g/mol. The lowest BCUT2D eigenvalue weighted by Crippen LogP contribution is -2.04. The van der Waals surface area contributed by atoms with E-state index in [0.29, 0.717) is 5.02 Å². The Morgan fingerprint density at radius 1 is 1.30 bits per heavy atom. The lowest BCUT2D eigenvalue weighted by Gasteiger charge is -2.11. The van der Waals surface area contributed by atoms with Gasteiger partial charge >= 0.3 is 5.97 Å². The molecule has 3 nitrogen and oxygen atoms in total. The van der Waals surface area contributed by atoms with Gasteiger partial charge in [-0.1, -0.05) is 17.7 Å². The van der Waals surface area contributed by atoms with E-state index in [2.05, 4.69) is 0 Å². The number of aromatic carboxylic acids is 1. The Hall–Kier alpha value is -2.07. The molecule has 0 aliphatic carbocycles. The van der Waals surface area contributed by atoms with Gasteiger partial charge in [0.15, 0.2) is 0 Å². The minimum atomic E-state index is -1.11. The average Bonchev–Trinajstić information content (AvgIpc) is 2.38. The van der Waals surface area contributed by atoms with Crippen molar-refractivity contribution in [3.63, 3.8) is 0 Å². The zero-order valence-electron chi connectivity index (χ0n) is 10.7. The van der Waals surface area contributed by atoms with Gasteiger partial charge in [-0.3, -0.25) is 0 Å². The van der Waals surface area contributed by atoms with Gasteiger partial charge in [0.05, 0.1) is 0 Å². The van der Waals surface area contributed by atoms with Crippen molar-refractivity contribution in [2.24, 2.45) is 0 Å². The molecule has 0 amide bonds. The van der Waals surface area contributed by atoms with Crippen molar-refractivity contribution in [2.75, 3.05) is 0 Å². The molecule has 104 valence electrons. The normalized spacial score (nSPS) is 10.3. The van der Waals surface area contributed by atoms with E-state index >= 15 is 0 Å². The minimum absolute atomic E-state index is 0.00253. The topological polar surface area (TPSA) is 46.5 Å². The maximum absolute atomic E-state index is 13.0. The van der Waals surface area contributed by atoms with E-state index < -0.39 is 5.97 Å². The predicted molar refractivity (Wildman–Crippen MR) is 73.9 cm³/mol. The van der Waals surface area contributed by atoms with Gasteiger partial charge in [-0.25, -0.2) is 9.18 Å². The molecule has 2 aromatic carbocycles. The summed E-state index contributed by atoms with van der Waals surface area (Å²) in [5.74, 6) is -1.20. The van der Waals surface area contributed by atoms with Crippen molar-refractivity contribution >= 4 is 17.6 Å². The number of carboxylic acid groups (broad SMARTS) is 1. The molecule has 0 spiro atoms. The third-order valence-corrected chi connectivity index (χ3v) is 3.09. The van der Waals surface area contributed by atoms with E-state index in [1.54, 1.807) is 19.1 Å². The summed E-state index contributed by atoms with van der Waals surface area (Å²) in [6.45, 7) is 1.93. The summed E-state index contributed by atoms with van der Waals surface area (Å²) in [5.41, 5.74) is 1.53. The summed E-state index contributed by atoms with van der Waals surface area (Å²) < 4.78 is 18.5. The number of carbonyl (C=O) groups is 1. The van der Waals surface area contributed by atoms with Crippen LogP contribution in [0.3, 0.4) is 0 Å². The third kappa shape index (κ3) is 3.27. The van der Waals surface area contributed by atoms with E-state index in [1.165, 1.54) is 24.3 Å². The largest absolute Gasteiger partial charge is 0.488 e. The first kappa shape index (κ1) is 14.3. The molecule has 0 saturated carbocycles. The van der Waals surface area contributed by atoms with E-state index in [9.17, 15) is 9.18 Å². The summed E-state index contributed by atoms with van der Waals surface area (Å²) in [5, 5.41) is 9.42. The van der Waals surface area contributed by atoms with Crippen molar-refractivity contribution < 1.29 is 19.0 Å². The Balaban J connectivity index is 2.20. The van der Waals surface area contributed by atoms with Gasteiger partial charge in [-0.15, -0.1) is 0 Å². The summed E-state index contributed by atoms with van der Waals surface area (Å²) in [4.78, 5) is 11.1. The van der Waals surface area contributed by atoms with E-state index in [4.69, 9.17) is 21.4 Å². The van der Waals surface area contributed by atoms with Crippen molar-refractivity contribution in [3.8, 4) is 5.75 Å². The summed E-state index contributed by atoms with van der Waals surface area (Å²) in [6.07, 6.45) is 0. The quantitative estimate of drug-likeness (QED) is 0.925. The Morgan fingerprint density at radius 2 is 2.05 bits per heavy atom. The highest BCUT2D eigenvalue weighted by Crippen LogP contribution is 2.24. The van der Waals surface area contributed by atoms with Gasteiger partial charge in [0, 0.05) is 5.02 Å². The average molecular weight is 295 g/mol. The highest BCUT2D eigenvalue weighted by molar-refractivity contribution is 6.31. The van der Waals surface area contributed by atoms with Crippen LogP contribution in [0.15, 0.2) is 36.4 Å². The molecule has 5 heteroatoms. The van der Waals surface area contributed by atoms with Gasteiger partial charge < -0.3 is 9.84 Å². The van der Waals surface area contributed by atoms with E-state index in [1.807, 2.05) is 0 Å². The monoisotopic (exact) mass is 294 g/mol. The number of halogens is 2. The van der Waals surface area contributed by atoms with E-state index in [0.717, 1.165) is 11.1 Å². The fourth-order valence-electron chi connectivity index (χ4n) is 1.77. The first-order chi connectivity index (χ1) is 9.47. The number of ether oxygens (including phenoxy) is 1. The molecule has 0 aliphatic heterocycles. The van der Waals surface area contributed by atoms with Crippen LogP contribution in [-0.4, -0.2) is 11.1 Å². The number of benzene rings is 2. The molecular formula is C15H12ClFO3. The highest BCUT2D eigenvalue weighted by atomic mass is 35.5. The lowest BCUT2D eigenvalue weighted by atomic mass is 10.1. The molecule has 0 atom stereocenters. The van der Waals surface area contributed by atoms with Crippen LogP contribution in [0.2, 0.25) is 5.02 Å². The number of carboxylic acids is 1. The number of hydrogen-bond donors (Lipinski definition) is 1. The highest BCUT2D eigenvalue weighted by Gasteiger charge is 2.12.